The van der Waals surface area contributed by atoms with Gasteiger partial charge in [-0.1, -0.05) is 24.3 Å². The molecule has 2 aromatic rings. The van der Waals surface area contributed by atoms with Crippen LogP contribution in [0.25, 0.3) is 0 Å². The van der Waals surface area contributed by atoms with E-state index in [0.29, 0.717) is 11.1 Å². The zero-order valence-electron chi connectivity index (χ0n) is 14.9. The van der Waals surface area contributed by atoms with E-state index >= 15 is 0 Å². The Hall–Kier alpha value is -3.13. The fourth-order valence-electron chi connectivity index (χ4n) is 2.80. The van der Waals surface area contributed by atoms with Gasteiger partial charge in [-0.15, -0.1) is 0 Å². The van der Waals surface area contributed by atoms with E-state index < -0.39 is 0 Å². The van der Waals surface area contributed by atoms with Crippen molar-refractivity contribution >= 4 is 11.9 Å². The molecule has 0 heterocycles. The Morgan fingerprint density at radius 2 is 1.81 bits per heavy atom. The van der Waals surface area contributed by atoms with Crippen molar-refractivity contribution in [2.24, 2.45) is 0 Å². The van der Waals surface area contributed by atoms with Crippen molar-refractivity contribution in [3.8, 4) is 6.07 Å². The molecule has 5 heteroatoms. The molecule has 0 saturated heterocycles. The molecule has 0 amide bonds. The van der Waals surface area contributed by atoms with Crippen LogP contribution in [0, 0.1) is 11.3 Å². The van der Waals surface area contributed by atoms with Gasteiger partial charge < -0.3 is 9.47 Å². The Morgan fingerprint density at radius 3 is 2.42 bits per heavy atom. The summed E-state index contributed by atoms with van der Waals surface area (Å²) in [6.45, 7) is 0. The third-order valence-electron chi connectivity index (χ3n) is 4.28. The zero-order chi connectivity index (χ0) is 18.9. The number of rotatable bonds is 7. The lowest BCUT2D eigenvalue weighted by Crippen LogP contribution is -2.10. The minimum atomic E-state index is -0.367. The summed E-state index contributed by atoms with van der Waals surface area (Å²) in [7, 11) is 2.72. The number of esters is 2. The molecule has 0 saturated carbocycles. The molecule has 0 N–H and O–H groups in total. The fraction of sp³-hybridized carbons (Fsp3) is 0.286. The first-order valence-corrected chi connectivity index (χ1v) is 8.31. The van der Waals surface area contributed by atoms with Gasteiger partial charge in [0.15, 0.2) is 0 Å². The summed E-state index contributed by atoms with van der Waals surface area (Å²) >= 11 is 0. The van der Waals surface area contributed by atoms with Crippen LogP contribution in [-0.2, 0) is 20.7 Å². The summed E-state index contributed by atoms with van der Waals surface area (Å²) in [5, 5.41) is 9.09. The van der Waals surface area contributed by atoms with Gasteiger partial charge in [0.25, 0.3) is 0 Å². The largest absolute Gasteiger partial charge is 0.469 e. The second kappa shape index (κ2) is 9.38. The monoisotopic (exact) mass is 351 g/mol. The molecule has 2 aromatic carbocycles. The molecule has 0 aliphatic rings. The smallest absolute Gasteiger partial charge is 0.337 e. The number of hydrogen-bond acceptors (Lipinski definition) is 5. The lowest BCUT2D eigenvalue weighted by Gasteiger charge is -2.17. The van der Waals surface area contributed by atoms with Crippen molar-refractivity contribution < 1.29 is 19.1 Å². The Kier molecular flexibility index (Phi) is 6.92. The molecule has 26 heavy (non-hydrogen) atoms. The maximum Gasteiger partial charge on any atom is 0.337 e. The fourth-order valence-corrected chi connectivity index (χ4v) is 2.80. The SMILES string of the molecule is COC(=O)CC(CCc1ccc(C(=O)OC)cc1)c1cccc(C#N)c1. The predicted molar refractivity (Wildman–Crippen MR) is 96.6 cm³/mol. The van der Waals surface area contributed by atoms with E-state index in [2.05, 4.69) is 6.07 Å². The summed E-state index contributed by atoms with van der Waals surface area (Å²) in [5.41, 5.74) is 3.08. The van der Waals surface area contributed by atoms with Gasteiger partial charge in [0.1, 0.15) is 0 Å². The van der Waals surface area contributed by atoms with Gasteiger partial charge in [0.2, 0.25) is 0 Å². The maximum atomic E-state index is 11.8. The number of nitrogens with zero attached hydrogens (tertiary/aromatic N) is 1. The summed E-state index contributed by atoms with van der Waals surface area (Å²) in [6, 6.07) is 16.6. The normalized spacial score (nSPS) is 11.3. The van der Waals surface area contributed by atoms with Gasteiger partial charge in [-0.2, -0.15) is 5.26 Å². The number of hydrogen-bond donors (Lipinski definition) is 0. The summed E-state index contributed by atoms with van der Waals surface area (Å²) in [6.07, 6.45) is 1.72. The van der Waals surface area contributed by atoms with Crippen LogP contribution in [0.5, 0.6) is 0 Å². The van der Waals surface area contributed by atoms with Crippen LogP contribution in [-0.4, -0.2) is 26.2 Å². The maximum absolute atomic E-state index is 11.8. The molecule has 0 bridgehead atoms. The van der Waals surface area contributed by atoms with Crippen LogP contribution in [0.4, 0.5) is 0 Å². The van der Waals surface area contributed by atoms with Gasteiger partial charge in [-0.05, 0) is 54.2 Å². The summed E-state index contributed by atoms with van der Waals surface area (Å²) in [4.78, 5) is 23.3. The molecule has 5 nitrogen and oxygen atoms in total. The first-order valence-electron chi connectivity index (χ1n) is 8.31. The predicted octanol–water partition coefficient (Wildman–Crippen LogP) is 3.62. The Balaban J connectivity index is 2.12. The van der Waals surface area contributed by atoms with E-state index in [0.717, 1.165) is 24.0 Å². The molecule has 1 unspecified atom stereocenters. The molecule has 0 radical (unpaired) electrons. The van der Waals surface area contributed by atoms with Gasteiger partial charge >= 0.3 is 11.9 Å². The van der Waals surface area contributed by atoms with Gasteiger partial charge in [-0.3, -0.25) is 4.79 Å². The second-order valence-electron chi connectivity index (χ2n) is 5.94. The minimum absolute atomic E-state index is 0.0453. The van der Waals surface area contributed by atoms with Crippen molar-refractivity contribution in [3.63, 3.8) is 0 Å². The van der Waals surface area contributed by atoms with E-state index in [1.54, 1.807) is 18.2 Å². The van der Waals surface area contributed by atoms with Crippen LogP contribution in [0.1, 0.15) is 45.8 Å². The molecule has 0 aromatic heterocycles. The third kappa shape index (κ3) is 5.18. The number of ether oxygens (including phenoxy) is 2. The van der Waals surface area contributed by atoms with E-state index in [1.165, 1.54) is 14.2 Å². The van der Waals surface area contributed by atoms with Crippen LogP contribution < -0.4 is 0 Å². The Labute approximate surface area is 153 Å². The van der Waals surface area contributed by atoms with Crippen molar-refractivity contribution in [3.05, 3.63) is 70.8 Å². The quantitative estimate of drug-likeness (QED) is 0.712. The first-order chi connectivity index (χ1) is 12.6. The average molecular weight is 351 g/mol. The average Bonchev–Trinajstić information content (AvgIpc) is 2.70. The zero-order valence-corrected chi connectivity index (χ0v) is 14.9. The molecular weight excluding hydrogens is 330 g/mol. The van der Waals surface area contributed by atoms with Gasteiger partial charge in [0.05, 0.1) is 37.8 Å². The van der Waals surface area contributed by atoms with E-state index in [9.17, 15) is 9.59 Å². The summed E-state index contributed by atoms with van der Waals surface area (Å²) in [5.74, 6) is -0.692. The molecule has 1 atom stereocenters. The highest BCUT2D eigenvalue weighted by Crippen LogP contribution is 2.26. The third-order valence-corrected chi connectivity index (χ3v) is 4.28. The molecule has 0 spiro atoms. The molecule has 2 rings (SSSR count). The Bertz CT molecular complexity index is 806. The van der Waals surface area contributed by atoms with Gasteiger partial charge in [-0.25, -0.2) is 4.79 Å². The minimum Gasteiger partial charge on any atom is -0.469 e. The van der Waals surface area contributed by atoms with Crippen molar-refractivity contribution in [2.75, 3.05) is 14.2 Å². The Morgan fingerprint density at radius 1 is 1.08 bits per heavy atom. The lowest BCUT2D eigenvalue weighted by molar-refractivity contribution is -0.141. The molecule has 0 aliphatic heterocycles. The van der Waals surface area contributed by atoms with Crippen LogP contribution in [0.2, 0.25) is 0 Å². The highest BCUT2D eigenvalue weighted by atomic mass is 16.5. The van der Waals surface area contributed by atoms with Crippen LogP contribution >= 0.6 is 0 Å². The highest BCUT2D eigenvalue weighted by molar-refractivity contribution is 5.89. The number of nitriles is 1. The van der Waals surface area contributed by atoms with E-state index in [4.69, 9.17) is 14.7 Å². The lowest BCUT2D eigenvalue weighted by atomic mass is 9.89. The first kappa shape index (κ1) is 19.2. The number of benzene rings is 2. The number of carbonyl (C=O) groups is 2. The van der Waals surface area contributed by atoms with Crippen molar-refractivity contribution in [1.82, 2.24) is 0 Å². The molecule has 134 valence electrons. The van der Waals surface area contributed by atoms with Crippen molar-refractivity contribution in [1.29, 1.82) is 5.26 Å². The molecule has 0 aliphatic carbocycles. The van der Waals surface area contributed by atoms with Crippen LogP contribution in [0.15, 0.2) is 48.5 Å². The van der Waals surface area contributed by atoms with Gasteiger partial charge in [0, 0.05) is 0 Å². The van der Waals surface area contributed by atoms with Crippen LogP contribution in [0.3, 0.4) is 0 Å². The number of aryl methyl sites for hydroxylation is 1. The molecular formula is C21H21NO4. The second-order valence-corrected chi connectivity index (χ2v) is 5.94. The topological polar surface area (TPSA) is 76.4 Å². The number of carbonyl (C=O) groups excluding carboxylic acids is 2. The van der Waals surface area contributed by atoms with E-state index in [1.807, 2.05) is 30.3 Å². The van der Waals surface area contributed by atoms with Crippen molar-refractivity contribution in [2.45, 2.75) is 25.2 Å². The van der Waals surface area contributed by atoms with E-state index in [-0.39, 0.29) is 24.3 Å². The molecule has 0 fully saturated rings. The summed E-state index contributed by atoms with van der Waals surface area (Å²) < 4.78 is 9.50. The standard InChI is InChI=1S/C21H21NO4/c1-25-20(23)13-19(18-5-3-4-16(12-18)14-22)11-8-15-6-9-17(10-7-15)21(24)26-2/h3-7,9-10,12,19H,8,11,13H2,1-2H3. The number of methoxy groups -OCH3 is 2. The highest BCUT2D eigenvalue weighted by Gasteiger charge is 2.17.